The Bertz CT molecular complexity index is 725. The Kier molecular flexibility index (Phi) is 7.36. The molecule has 0 heterocycles. The minimum Gasteiger partial charge on any atom is -0.493 e. The number of hydrogen-bond donors (Lipinski definition) is 1. The average molecular weight is 392 g/mol. The maximum absolute atomic E-state index is 14.1. The van der Waals surface area contributed by atoms with Crippen molar-refractivity contribution < 1.29 is 13.9 Å². The standard InChI is InChI=1S/C22H27ClFNO2/c1-26-21-13-6-8-16(14-25-17-9-4-2-3-5-10-17)22(21)27-15-18-19(23)11-7-12-20(18)24/h6-8,11-13,17,25H,2-5,9-10,14-15H2,1H3. The predicted octanol–water partition coefficient (Wildman–Crippen LogP) is 5.88. The van der Waals surface area contributed by atoms with Gasteiger partial charge in [0.25, 0.3) is 0 Å². The lowest BCUT2D eigenvalue weighted by atomic mass is 10.1. The van der Waals surface area contributed by atoms with E-state index in [1.807, 2.05) is 18.2 Å². The Labute approximate surface area is 165 Å². The van der Waals surface area contributed by atoms with Gasteiger partial charge in [0.1, 0.15) is 12.4 Å². The number of benzene rings is 2. The Morgan fingerprint density at radius 1 is 1.07 bits per heavy atom. The molecule has 2 aromatic rings. The quantitative estimate of drug-likeness (QED) is 0.598. The van der Waals surface area contributed by atoms with Crippen LogP contribution in [0.2, 0.25) is 5.02 Å². The number of nitrogens with one attached hydrogen (secondary N) is 1. The van der Waals surface area contributed by atoms with Crippen LogP contribution in [-0.4, -0.2) is 13.2 Å². The Hall–Kier alpha value is -1.78. The Morgan fingerprint density at radius 3 is 2.52 bits per heavy atom. The summed E-state index contributed by atoms with van der Waals surface area (Å²) in [7, 11) is 1.61. The molecule has 0 amide bonds. The number of hydrogen-bond acceptors (Lipinski definition) is 3. The first-order chi connectivity index (χ1) is 13.2. The van der Waals surface area contributed by atoms with Crippen LogP contribution in [0.5, 0.6) is 11.5 Å². The number of para-hydroxylation sites is 1. The number of rotatable bonds is 7. The lowest BCUT2D eigenvalue weighted by Crippen LogP contribution is -2.28. The molecular weight excluding hydrogens is 365 g/mol. The average Bonchev–Trinajstić information content (AvgIpc) is 2.95. The van der Waals surface area contributed by atoms with Crippen LogP contribution in [0.1, 0.15) is 49.7 Å². The summed E-state index contributed by atoms with van der Waals surface area (Å²) >= 11 is 6.12. The van der Waals surface area contributed by atoms with Gasteiger partial charge >= 0.3 is 0 Å². The minimum absolute atomic E-state index is 0.0578. The second-order valence-electron chi connectivity index (χ2n) is 7.01. The van der Waals surface area contributed by atoms with Crippen LogP contribution >= 0.6 is 11.6 Å². The van der Waals surface area contributed by atoms with Crippen molar-refractivity contribution in [1.29, 1.82) is 0 Å². The van der Waals surface area contributed by atoms with Gasteiger partial charge in [-0.05, 0) is 31.0 Å². The van der Waals surface area contributed by atoms with E-state index in [0.717, 1.165) is 5.56 Å². The molecule has 0 unspecified atom stereocenters. The van der Waals surface area contributed by atoms with Gasteiger partial charge in [-0.3, -0.25) is 0 Å². The summed E-state index contributed by atoms with van der Waals surface area (Å²) in [6.07, 6.45) is 7.65. The molecule has 1 N–H and O–H groups in total. The zero-order valence-electron chi connectivity index (χ0n) is 15.8. The third-order valence-electron chi connectivity index (χ3n) is 5.14. The van der Waals surface area contributed by atoms with Crippen LogP contribution in [0.25, 0.3) is 0 Å². The van der Waals surface area contributed by atoms with Crippen molar-refractivity contribution >= 4 is 11.6 Å². The SMILES string of the molecule is COc1cccc(CNC2CCCCCC2)c1OCc1c(F)cccc1Cl. The maximum Gasteiger partial charge on any atom is 0.166 e. The zero-order chi connectivity index (χ0) is 19.1. The summed E-state index contributed by atoms with van der Waals surface area (Å²) in [6, 6.07) is 11.0. The molecule has 0 bridgehead atoms. The fraction of sp³-hybridized carbons (Fsp3) is 0.455. The Morgan fingerprint density at radius 2 is 1.81 bits per heavy atom. The van der Waals surface area contributed by atoms with Gasteiger partial charge in [-0.1, -0.05) is 55.5 Å². The molecule has 2 aromatic carbocycles. The molecule has 0 aliphatic heterocycles. The topological polar surface area (TPSA) is 30.5 Å². The molecule has 1 aliphatic carbocycles. The van der Waals surface area contributed by atoms with E-state index in [0.29, 0.717) is 34.7 Å². The fourth-order valence-corrected chi connectivity index (χ4v) is 3.79. The van der Waals surface area contributed by atoms with Gasteiger partial charge in [0.2, 0.25) is 0 Å². The van der Waals surface area contributed by atoms with Gasteiger partial charge < -0.3 is 14.8 Å². The molecule has 1 aliphatic rings. The monoisotopic (exact) mass is 391 g/mol. The smallest absolute Gasteiger partial charge is 0.166 e. The first-order valence-corrected chi connectivity index (χ1v) is 10.0. The minimum atomic E-state index is -0.365. The molecule has 146 valence electrons. The Balaban J connectivity index is 1.73. The summed E-state index contributed by atoms with van der Waals surface area (Å²) in [5, 5.41) is 4.02. The second kappa shape index (κ2) is 9.95. The van der Waals surface area contributed by atoms with E-state index in [1.54, 1.807) is 19.2 Å². The molecule has 5 heteroatoms. The molecule has 27 heavy (non-hydrogen) atoms. The molecule has 0 atom stereocenters. The first-order valence-electron chi connectivity index (χ1n) is 9.64. The van der Waals surface area contributed by atoms with E-state index in [2.05, 4.69) is 5.32 Å². The van der Waals surface area contributed by atoms with Crippen LogP contribution in [0.15, 0.2) is 36.4 Å². The van der Waals surface area contributed by atoms with Crippen LogP contribution in [0, 0.1) is 5.82 Å². The highest BCUT2D eigenvalue weighted by molar-refractivity contribution is 6.31. The molecule has 1 saturated carbocycles. The summed E-state index contributed by atoms with van der Waals surface area (Å²) < 4.78 is 25.5. The van der Waals surface area contributed by atoms with E-state index in [-0.39, 0.29) is 12.4 Å². The first kappa shape index (κ1) is 20.0. The van der Waals surface area contributed by atoms with Gasteiger partial charge in [0.15, 0.2) is 11.5 Å². The number of halogens is 2. The fourth-order valence-electron chi connectivity index (χ4n) is 3.58. The third-order valence-corrected chi connectivity index (χ3v) is 5.49. The van der Waals surface area contributed by atoms with E-state index in [4.69, 9.17) is 21.1 Å². The van der Waals surface area contributed by atoms with Gasteiger partial charge in [-0.25, -0.2) is 4.39 Å². The highest BCUT2D eigenvalue weighted by atomic mass is 35.5. The molecule has 0 spiro atoms. The van der Waals surface area contributed by atoms with Crippen molar-refractivity contribution in [3.8, 4) is 11.5 Å². The molecule has 3 nitrogen and oxygen atoms in total. The van der Waals surface area contributed by atoms with Crippen LogP contribution in [-0.2, 0) is 13.2 Å². The van der Waals surface area contributed by atoms with Crippen molar-refractivity contribution in [1.82, 2.24) is 5.32 Å². The normalized spacial score (nSPS) is 15.4. The van der Waals surface area contributed by atoms with Crippen LogP contribution < -0.4 is 14.8 Å². The lowest BCUT2D eigenvalue weighted by molar-refractivity contribution is 0.275. The molecule has 0 radical (unpaired) electrons. The molecule has 0 aromatic heterocycles. The molecular formula is C22H27ClFNO2. The van der Waals surface area contributed by atoms with E-state index < -0.39 is 0 Å². The van der Waals surface area contributed by atoms with Crippen molar-refractivity contribution in [3.63, 3.8) is 0 Å². The van der Waals surface area contributed by atoms with Crippen molar-refractivity contribution in [2.75, 3.05) is 7.11 Å². The molecule has 3 rings (SSSR count). The summed E-state index contributed by atoms with van der Waals surface area (Å²) in [4.78, 5) is 0. The van der Waals surface area contributed by atoms with Gasteiger partial charge in [0, 0.05) is 23.7 Å². The number of ether oxygens (including phenoxy) is 2. The third kappa shape index (κ3) is 5.36. The highest BCUT2D eigenvalue weighted by Crippen LogP contribution is 2.33. The van der Waals surface area contributed by atoms with Crippen LogP contribution in [0.4, 0.5) is 4.39 Å². The molecule has 1 fully saturated rings. The number of methoxy groups -OCH3 is 1. The second-order valence-corrected chi connectivity index (χ2v) is 7.41. The summed E-state index contributed by atoms with van der Waals surface area (Å²) in [5.41, 5.74) is 1.36. The summed E-state index contributed by atoms with van der Waals surface area (Å²) in [5.74, 6) is 0.915. The van der Waals surface area contributed by atoms with E-state index in [1.165, 1.54) is 44.6 Å². The zero-order valence-corrected chi connectivity index (χ0v) is 16.5. The van der Waals surface area contributed by atoms with Crippen molar-refractivity contribution in [3.05, 3.63) is 58.4 Å². The maximum atomic E-state index is 14.1. The van der Waals surface area contributed by atoms with Crippen LogP contribution in [0.3, 0.4) is 0 Å². The summed E-state index contributed by atoms with van der Waals surface area (Å²) in [6.45, 7) is 0.754. The largest absolute Gasteiger partial charge is 0.493 e. The highest BCUT2D eigenvalue weighted by Gasteiger charge is 2.16. The van der Waals surface area contributed by atoms with E-state index >= 15 is 0 Å². The van der Waals surface area contributed by atoms with E-state index in [9.17, 15) is 4.39 Å². The molecule has 0 saturated heterocycles. The predicted molar refractivity (Wildman–Crippen MR) is 107 cm³/mol. The van der Waals surface area contributed by atoms with Crippen molar-refractivity contribution in [2.24, 2.45) is 0 Å². The van der Waals surface area contributed by atoms with Gasteiger partial charge in [0.05, 0.1) is 12.1 Å². The van der Waals surface area contributed by atoms with Gasteiger partial charge in [-0.15, -0.1) is 0 Å². The lowest BCUT2D eigenvalue weighted by Gasteiger charge is -2.19. The van der Waals surface area contributed by atoms with Gasteiger partial charge in [-0.2, -0.15) is 0 Å². The van der Waals surface area contributed by atoms with Crippen molar-refractivity contribution in [2.45, 2.75) is 57.7 Å².